The molecule has 0 fully saturated rings. The Labute approximate surface area is 84.8 Å². The first kappa shape index (κ1) is 12.8. The van der Waals surface area contributed by atoms with Crippen molar-refractivity contribution in [2.24, 2.45) is 11.7 Å². The Hall–Kier alpha value is -0.220. The van der Waals surface area contributed by atoms with Crippen molar-refractivity contribution in [3.05, 3.63) is 0 Å². The van der Waals surface area contributed by atoms with Gasteiger partial charge in [-0.15, -0.1) is 0 Å². The van der Waals surface area contributed by atoms with Gasteiger partial charge in [0.15, 0.2) is 0 Å². The van der Waals surface area contributed by atoms with E-state index in [4.69, 9.17) is 5.73 Å². The highest BCUT2D eigenvalue weighted by molar-refractivity contribution is 7.98. The molecule has 0 aromatic carbocycles. The standard InChI is InChI=1S/C9H20N2OS/c1-7(2)8(6-10)11-9(12)4-5-13-3/h7-8H,4-6,10H2,1-3H3,(H,11,12). The van der Waals surface area contributed by atoms with Crippen LogP contribution >= 0.6 is 11.8 Å². The second kappa shape index (κ2) is 7.21. The maximum atomic E-state index is 11.3. The van der Waals surface area contributed by atoms with Gasteiger partial charge in [-0.2, -0.15) is 11.8 Å². The molecule has 13 heavy (non-hydrogen) atoms. The minimum atomic E-state index is 0.110. The molecule has 78 valence electrons. The van der Waals surface area contributed by atoms with Crippen molar-refractivity contribution < 1.29 is 4.79 Å². The van der Waals surface area contributed by atoms with Crippen LogP contribution in [0.5, 0.6) is 0 Å². The van der Waals surface area contributed by atoms with E-state index >= 15 is 0 Å². The van der Waals surface area contributed by atoms with E-state index in [0.717, 1.165) is 5.75 Å². The molecule has 0 spiro atoms. The van der Waals surface area contributed by atoms with Gasteiger partial charge in [-0.3, -0.25) is 4.79 Å². The average Bonchev–Trinajstić information content (AvgIpc) is 2.10. The number of nitrogens with one attached hydrogen (secondary N) is 1. The quantitative estimate of drug-likeness (QED) is 0.674. The number of nitrogens with two attached hydrogens (primary N) is 1. The molecule has 1 amide bonds. The number of rotatable bonds is 6. The Bertz CT molecular complexity index is 151. The zero-order chi connectivity index (χ0) is 10.3. The SMILES string of the molecule is CSCCC(=O)NC(CN)C(C)C. The lowest BCUT2D eigenvalue weighted by Crippen LogP contribution is -2.43. The number of carbonyl (C=O) groups excluding carboxylic acids is 1. The third kappa shape index (κ3) is 5.93. The van der Waals surface area contributed by atoms with Gasteiger partial charge in [0.2, 0.25) is 5.91 Å². The minimum absolute atomic E-state index is 0.110. The maximum absolute atomic E-state index is 11.3. The normalized spacial score (nSPS) is 13.0. The lowest BCUT2D eigenvalue weighted by atomic mass is 10.0. The lowest BCUT2D eigenvalue weighted by Gasteiger charge is -2.20. The van der Waals surface area contributed by atoms with Gasteiger partial charge in [-0.25, -0.2) is 0 Å². The number of thioether (sulfide) groups is 1. The summed E-state index contributed by atoms with van der Waals surface area (Å²) in [7, 11) is 0. The van der Waals surface area contributed by atoms with Crippen LogP contribution in [0.4, 0.5) is 0 Å². The van der Waals surface area contributed by atoms with Crippen LogP contribution in [0.25, 0.3) is 0 Å². The van der Waals surface area contributed by atoms with Gasteiger partial charge in [-0.05, 0) is 12.2 Å². The first-order valence-corrected chi connectivity index (χ1v) is 5.99. The van der Waals surface area contributed by atoms with Crippen LogP contribution in [0.1, 0.15) is 20.3 Å². The molecule has 3 nitrogen and oxygen atoms in total. The van der Waals surface area contributed by atoms with E-state index < -0.39 is 0 Å². The molecule has 0 aromatic heterocycles. The van der Waals surface area contributed by atoms with Crippen molar-refractivity contribution in [1.29, 1.82) is 0 Å². The van der Waals surface area contributed by atoms with E-state index in [0.29, 0.717) is 18.9 Å². The van der Waals surface area contributed by atoms with E-state index in [2.05, 4.69) is 19.2 Å². The molecule has 0 heterocycles. The Balaban J connectivity index is 3.73. The molecule has 0 radical (unpaired) electrons. The largest absolute Gasteiger partial charge is 0.352 e. The zero-order valence-corrected chi connectivity index (χ0v) is 9.49. The van der Waals surface area contributed by atoms with E-state index in [-0.39, 0.29) is 11.9 Å². The summed E-state index contributed by atoms with van der Waals surface area (Å²) in [5.74, 6) is 1.39. The van der Waals surface area contributed by atoms with Crippen LogP contribution in [0.2, 0.25) is 0 Å². The minimum Gasteiger partial charge on any atom is -0.352 e. The van der Waals surface area contributed by atoms with Crippen LogP contribution in [0.3, 0.4) is 0 Å². The Morgan fingerprint density at radius 2 is 2.15 bits per heavy atom. The molecular formula is C9H20N2OS. The van der Waals surface area contributed by atoms with Gasteiger partial charge >= 0.3 is 0 Å². The molecule has 0 aliphatic heterocycles. The summed E-state index contributed by atoms with van der Waals surface area (Å²) in [5.41, 5.74) is 5.53. The first-order chi connectivity index (χ1) is 6.11. The topological polar surface area (TPSA) is 55.1 Å². The van der Waals surface area contributed by atoms with Crippen molar-refractivity contribution in [1.82, 2.24) is 5.32 Å². The Kier molecular flexibility index (Phi) is 7.09. The molecule has 0 aromatic rings. The highest BCUT2D eigenvalue weighted by Gasteiger charge is 2.13. The summed E-state index contributed by atoms with van der Waals surface area (Å²) >= 11 is 1.68. The van der Waals surface area contributed by atoms with Crippen LogP contribution in [0, 0.1) is 5.92 Å². The maximum Gasteiger partial charge on any atom is 0.221 e. The predicted octanol–water partition coefficient (Wildman–Crippen LogP) is 0.839. The van der Waals surface area contributed by atoms with Crippen LogP contribution in [-0.4, -0.2) is 30.5 Å². The summed E-state index contributed by atoms with van der Waals surface area (Å²) in [6, 6.07) is 0.120. The smallest absolute Gasteiger partial charge is 0.221 e. The van der Waals surface area contributed by atoms with Crippen molar-refractivity contribution in [2.45, 2.75) is 26.3 Å². The summed E-state index contributed by atoms with van der Waals surface area (Å²) in [5, 5.41) is 2.92. The fourth-order valence-corrected chi connectivity index (χ4v) is 1.36. The predicted molar refractivity (Wildman–Crippen MR) is 58.8 cm³/mol. The molecule has 0 saturated heterocycles. The van der Waals surface area contributed by atoms with Crippen molar-refractivity contribution in [2.75, 3.05) is 18.6 Å². The summed E-state index contributed by atoms with van der Waals surface area (Å²) in [6.45, 7) is 4.64. The lowest BCUT2D eigenvalue weighted by molar-refractivity contribution is -0.121. The fourth-order valence-electron chi connectivity index (χ4n) is 0.971. The Morgan fingerprint density at radius 1 is 1.54 bits per heavy atom. The van der Waals surface area contributed by atoms with Gasteiger partial charge in [0.05, 0.1) is 0 Å². The van der Waals surface area contributed by atoms with Crippen molar-refractivity contribution in [3.8, 4) is 0 Å². The van der Waals surface area contributed by atoms with Gasteiger partial charge in [0, 0.05) is 24.8 Å². The molecule has 0 rings (SSSR count). The molecule has 0 aliphatic rings. The summed E-state index contributed by atoms with van der Waals surface area (Å²) < 4.78 is 0. The first-order valence-electron chi connectivity index (χ1n) is 4.60. The third-order valence-corrected chi connectivity index (χ3v) is 2.55. The van der Waals surface area contributed by atoms with E-state index in [9.17, 15) is 4.79 Å². The van der Waals surface area contributed by atoms with Gasteiger partial charge < -0.3 is 11.1 Å². The van der Waals surface area contributed by atoms with Crippen LogP contribution in [-0.2, 0) is 4.79 Å². The third-order valence-electron chi connectivity index (χ3n) is 1.94. The highest BCUT2D eigenvalue weighted by atomic mass is 32.2. The molecule has 0 saturated carbocycles. The van der Waals surface area contributed by atoms with Crippen LogP contribution < -0.4 is 11.1 Å². The van der Waals surface area contributed by atoms with Gasteiger partial charge in [0.25, 0.3) is 0 Å². The second-order valence-corrected chi connectivity index (χ2v) is 4.38. The Morgan fingerprint density at radius 3 is 2.54 bits per heavy atom. The molecule has 0 aliphatic carbocycles. The molecule has 1 unspecified atom stereocenters. The number of amides is 1. The number of carbonyl (C=O) groups is 1. The van der Waals surface area contributed by atoms with Crippen molar-refractivity contribution >= 4 is 17.7 Å². The van der Waals surface area contributed by atoms with E-state index in [1.54, 1.807) is 11.8 Å². The highest BCUT2D eigenvalue weighted by Crippen LogP contribution is 2.01. The zero-order valence-electron chi connectivity index (χ0n) is 8.67. The molecular weight excluding hydrogens is 184 g/mol. The molecule has 4 heteroatoms. The fraction of sp³-hybridized carbons (Fsp3) is 0.889. The van der Waals surface area contributed by atoms with E-state index in [1.807, 2.05) is 6.26 Å². The van der Waals surface area contributed by atoms with Gasteiger partial charge in [-0.1, -0.05) is 13.8 Å². The summed E-state index contributed by atoms with van der Waals surface area (Å²) in [4.78, 5) is 11.3. The summed E-state index contributed by atoms with van der Waals surface area (Å²) in [6.07, 6.45) is 2.58. The molecule has 1 atom stereocenters. The monoisotopic (exact) mass is 204 g/mol. The average molecular weight is 204 g/mol. The van der Waals surface area contributed by atoms with Crippen LogP contribution in [0.15, 0.2) is 0 Å². The molecule has 0 bridgehead atoms. The second-order valence-electron chi connectivity index (χ2n) is 3.40. The molecule has 3 N–H and O–H groups in total. The van der Waals surface area contributed by atoms with Gasteiger partial charge in [0.1, 0.15) is 0 Å². The van der Waals surface area contributed by atoms with E-state index in [1.165, 1.54) is 0 Å². The van der Waals surface area contributed by atoms with Crippen molar-refractivity contribution in [3.63, 3.8) is 0 Å². The number of hydrogen-bond acceptors (Lipinski definition) is 3. The number of hydrogen-bond donors (Lipinski definition) is 2.